The molecular weight excluding hydrogens is 394 g/mol. The molecule has 3 rings (SSSR count). The molecule has 1 aromatic rings. The van der Waals surface area contributed by atoms with E-state index in [1.165, 1.54) is 19.1 Å². The summed E-state index contributed by atoms with van der Waals surface area (Å²) in [6.45, 7) is 2.84. The Labute approximate surface area is 165 Å². The van der Waals surface area contributed by atoms with Gasteiger partial charge in [-0.05, 0) is 37.8 Å². The van der Waals surface area contributed by atoms with Gasteiger partial charge < -0.3 is 20.5 Å². The van der Waals surface area contributed by atoms with Crippen molar-refractivity contribution in [2.45, 2.75) is 43.2 Å². The molecule has 1 aromatic carbocycles. The van der Waals surface area contributed by atoms with E-state index in [1.807, 2.05) is 0 Å². The van der Waals surface area contributed by atoms with Crippen LogP contribution < -0.4 is 25.2 Å². The molecule has 0 radical (unpaired) electrons. The van der Waals surface area contributed by atoms with Crippen LogP contribution in [0.3, 0.4) is 0 Å². The van der Waals surface area contributed by atoms with Crippen molar-refractivity contribution in [1.82, 2.24) is 10.0 Å². The van der Waals surface area contributed by atoms with Crippen LogP contribution in [-0.2, 0) is 14.8 Å². The zero-order chi connectivity index (χ0) is 18.7. The van der Waals surface area contributed by atoms with Crippen LogP contribution in [0.5, 0.6) is 11.5 Å². The molecule has 10 heteroatoms. The lowest BCUT2D eigenvalue weighted by molar-refractivity contribution is -0.123. The Bertz CT molecular complexity index is 770. The average Bonchev–Trinajstić information content (AvgIpc) is 3.45. The second-order valence-corrected chi connectivity index (χ2v) is 8.40. The van der Waals surface area contributed by atoms with Gasteiger partial charge in [0, 0.05) is 25.1 Å². The molecule has 1 heterocycles. The molecule has 8 nitrogen and oxygen atoms in total. The lowest BCUT2D eigenvalue weighted by Crippen LogP contribution is -2.50. The molecule has 152 valence electrons. The molecule has 1 aliphatic carbocycles. The molecular formula is C17H26ClN3O5S. The zero-order valence-electron chi connectivity index (χ0n) is 15.1. The van der Waals surface area contributed by atoms with Crippen LogP contribution in [0, 0.1) is 5.92 Å². The van der Waals surface area contributed by atoms with Gasteiger partial charge in [-0.3, -0.25) is 4.79 Å². The Balaban J connectivity index is 0.00000261. The lowest BCUT2D eigenvalue weighted by atomic mass is 10.2. The zero-order valence-corrected chi connectivity index (χ0v) is 16.8. The highest BCUT2D eigenvalue weighted by Gasteiger charge is 2.33. The molecule has 1 fully saturated rings. The Morgan fingerprint density at radius 3 is 2.56 bits per heavy atom. The fourth-order valence-electron chi connectivity index (χ4n) is 2.84. The number of halogens is 1. The van der Waals surface area contributed by atoms with Gasteiger partial charge in [0.2, 0.25) is 15.9 Å². The predicted octanol–water partition coefficient (Wildman–Crippen LogP) is 0.790. The van der Waals surface area contributed by atoms with Gasteiger partial charge in [-0.1, -0.05) is 0 Å². The van der Waals surface area contributed by atoms with E-state index >= 15 is 0 Å². The van der Waals surface area contributed by atoms with Gasteiger partial charge in [0.05, 0.1) is 24.2 Å². The van der Waals surface area contributed by atoms with Crippen LogP contribution in [-0.4, -0.2) is 46.2 Å². The Hall–Kier alpha value is -1.55. The number of sulfonamides is 1. The van der Waals surface area contributed by atoms with Crippen LogP contribution in [0.4, 0.5) is 0 Å². The van der Waals surface area contributed by atoms with Gasteiger partial charge in [0.25, 0.3) is 0 Å². The normalized spacial score (nSPS) is 18.6. The van der Waals surface area contributed by atoms with E-state index in [0.717, 1.165) is 19.3 Å². The molecule has 2 aliphatic rings. The molecule has 0 bridgehead atoms. The van der Waals surface area contributed by atoms with Crippen LogP contribution in [0.25, 0.3) is 0 Å². The Morgan fingerprint density at radius 1 is 1.26 bits per heavy atom. The van der Waals surface area contributed by atoms with Gasteiger partial charge in [-0.2, -0.15) is 4.72 Å². The van der Waals surface area contributed by atoms with Crippen molar-refractivity contribution in [2.75, 3.05) is 19.8 Å². The SMILES string of the molecule is CC(NS(=O)(=O)c1ccc2c(c1)OCCCO2)C(=O)NC(CN)C1CC1.Cl. The summed E-state index contributed by atoms with van der Waals surface area (Å²) >= 11 is 0. The van der Waals surface area contributed by atoms with Crippen molar-refractivity contribution in [3.63, 3.8) is 0 Å². The first-order valence-electron chi connectivity index (χ1n) is 8.83. The minimum atomic E-state index is -3.87. The standard InChI is InChI=1S/C17H25N3O5S.ClH/c1-11(17(21)19-14(10-18)12-3-4-12)20-26(22,23)13-5-6-15-16(9-13)25-8-2-7-24-15;/h5-6,9,11-12,14,20H,2-4,7-8,10,18H2,1H3,(H,19,21);1H. The van der Waals surface area contributed by atoms with Crippen molar-refractivity contribution >= 4 is 28.3 Å². The van der Waals surface area contributed by atoms with Gasteiger partial charge in [0.15, 0.2) is 11.5 Å². The smallest absolute Gasteiger partial charge is 0.241 e. The monoisotopic (exact) mass is 419 g/mol. The van der Waals surface area contributed by atoms with E-state index in [4.69, 9.17) is 15.2 Å². The summed E-state index contributed by atoms with van der Waals surface area (Å²) in [5.74, 6) is 0.918. The number of amides is 1. The first kappa shape index (κ1) is 21.7. The highest BCUT2D eigenvalue weighted by atomic mass is 35.5. The summed E-state index contributed by atoms with van der Waals surface area (Å²) in [6.07, 6.45) is 2.81. The first-order valence-corrected chi connectivity index (χ1v) is 10.3. The number of rotatable bonds is 7. The number of benzene rings is 1. The fraction of sp³-hybridized carbons (Fsp3) is 0.588. The second kappa shape index (κ2) is 9.09. The summed E-state index contributed by atoms with van der Waals surface area (Å²) in [4.78, 5) is 12.3. The van der Waals surface area contributed by atoms with E-state index in [9.17, 15) is 13.2 Å². The molecule has 27 heavy (non-hydrogen) atoms. The van der Waals surface area contributed by atoms with Crippen LogP contribution >= 0.6 is 12.4 Å². The van der Waals surface area contributed by atoms with Crippen LogP contribution in [0.1, 0.15) is 26.2 Å². The number of carbonyl (C=O) groups is 1. The van der Waals surface area contributed by atoms with Crippen molar-refractivity contribution < 1.29 is 22.7 Å². The van der Waals surface area contributed by atoms with E-state index in [-0.39, 0.29) is 29.3 Å². The summed E-state index contributed by atoms with van der Waals surface area (Å²) in [6, 6.07) is 3.40. The number of nitrogens with two attached hydrogens (primary N) is 1. The predicted molar refractivity (Wildman–Crippen MR) is 103 cm³/mol. The minimum absolute atomic E-state index is 0. The second-order valence-electron chi connectivity index (χ2n) is 6.69. The summed E-state index contributed by atoms with van der Waals surface area (Å²) < 4.78 is 38.7. The number of fused-ring (bicyclic) bond motifs is 1. The van der Waals surface area contributed by atoms with Gasteiger partial charge in [0.1, 0.15) is 0 Å². The van der Waals surface area contributed by atoms with E-state index in [0.29, 0.717) is 37.2 Å². The molecule has 2 unspecified atom stereocenters. The maximum atomic E-state index is 12.6. The average molecular weight is 420 g/mol. The maximum absolute atomic E-state index is 12.6. The fourth-order valence-corrected chi connectivity index (χ4v) is 4.06. The molecule has 0 spiro atoms. The molecule has 4 N–H and O–H groups in total. The van der Waals surface area contributed by atoms with Crippen molar-refractivity contribution in [3.8, 4) is 11.5 Å². The van der Waals surface area contributed by atoms with Crippen LogP contribution in [0.2, 0.25) is 0 Å². The third-order valence-electron chi connectivity index (χ3n) is 4.53. The van der Waals surface area contributed by atoms with Gasteiger partial charge >= 0.3 is 0 Å². The summed E-state index contributed by atoms with van der Waals surface area (Å²) in [5.41, 5.74) is 5.68. The minimum Gasteiger partial charge on any atom is -0.490 e. The summed E-state index contributed by atoms with van der Waals surface area (Å²) in [7, 11) is -3.87. The van der Waals surface area contributed by atoms with E-state index in [1.54, 1.807) is 6.07 Å². The van der Waals surface area contributed by atoms with Gasteiger partial charge in [-0.25, -0.2) is 8.42 Å². The lowest BCUT2D eigenvalue weighted by Gasteiger charge is -2.20. The highest BCUT2D eigenvalue weighted by molar-refractivity contribution is 7.89. The molecule has 1 saturated carbocycles. The summed E-state index contributed by atoms with van der Waals surface area (Å²) in [5, 5.41) is 2.83. The first-order chi connectivity index (χ1) is 12.4. The van der Waals surface area contributed by atoms with Crippen molar-refractivity contribution in [2.24, 2.45) is 11.7 Å². The number of carbonyl (C=O) groups excluding carboxylic acids is 1. The molecule has 0 saturated heterocycles. The molecule has 2 atom stereocenters. The maximum Gasteiger partial charge on any atom is 0.241 e. The topological polar surface area (TPSA) is 120 Å². The van der Waals surface area contributed by atoms with Crippen LogP contribution in [0.15, 0.2) is 23.1 Å². The van der Waals surface area contributed by atoms with Crippen molar-refractivity contribution in [1.29, 1.82) is 0 Å². The number of hydrogen-bond acceptors (Lipinski definition) is 6. The molecule has 1 amide bonds. The highest BCUT2D eigenvalue weighted by Crippen LogP contribution is 2.33. The largest absolute Gasteiger partial charge is 0.490 e. The van der Waals surface area contributed by atoms with E-state index in [2.05, 4.69) is 10.0 Å². The third-order valence-corrected chi connectivity index (χ3v) is 6.07. The van der Waals surface area contributed by atoms with Crippen molar-refractivity contribution in [3.05, 3.63) is 18.2 Å². The molecule has 0 aromatic heterocycles. The number of hydrogen-bond donors (Lipinski definition) is 3. The Kier molecular flexibility index (Phi) is 7.32. The van der Waals surface area contributed by atoms with Gasteiger partial charge in [-0.15, -0.1) is 12.4 Å². The quantitative estimate of drug-likeness (QED) is 0.601. The number of ether oxygens (including phenoxy) is 2. The molecule has 1 aliphatic heterocycles. The number of nitrogens with one attached hydrogen (secondary N) is 2. The third kappa shape index (κ3) is 5.47. The van der Waals surface area contributed by atoms with E-state index < -0.39 is 16.1 Å². The Morgan fingerprint density at radius 2 is 1.93 bits per heavy atom.